The zero-order chi connectivity index (χ0) is 18.2. The number of carbonyl (C=O) groups excluding carboxylic acids is 1. The lowest BCUT2D eigenvalue weighted by Gasteiger charge is -2.21. The molecule has 0 saturated heterocycles. The minimum atomic E-state index is -0.507. The van der Waals surface area contributed by atoms with Gasteiger partial charge in [0.1, 0.15) is 5.69 Å². The van der Waals surface area contributed by atoms with Crippen molar-refractivity contribution in [1.29, 1.82) is 0 Å². The summed E-state index contributed by atoms with van der Waals surface area (Å²) >= 11 is 0. The van der Waals surface area contributed by atoms with Crippen LogP contribution in [0.3, 0.4) is 0 Å². The Bertz CT molecular complexity index is 803. The Kier molecular flexibility index (Phi) is 6.27. The molecule has 1 N–H and O–H groups in total. The summed E-state index contributed by atoms with van der Waals surface area (Å²) in [5, 5.41) is 13.9. The van der Waals surface area contributed by atoms with Crippen LogP contribution in [0.2, 0.25) is 0 Å². The summed E-state index contributed by atoms with van der Waals surface area (Å²) in [6, 6.07) is 10.6. The Morgan fingerprint density at radius 3 is 2.64 bits per heavy atom. The largest absolute Gasteiger partial charge is 0.338 e. The van der Waals surface area contributed by atoms with Crippen LogP contribution in [-0.2, 0) is 6.54 Å². The Morgan fingerprint density at radius 2 is 1.96 bits per heavy atom. The molecule has 0 bridgehead atoms. The fourth-order valence-electron chi connectivity index (χ4n) is 2.46. The van der Waals surface area contributed by atoms with Gasteiger partial charge in [-0.15, -0.1) is 0 Å². The lowest BCUT2D eigenvalue weighted by molar-refractivity contribution is -0.384. The fourth-order valence-corrected chi connectivity index (χ4v) is 2.46. The van der Waals surface area contributed by atoms with Crippen molar-refractivity contribution in [2.45, 2.75) is 19.9 Å². The highest BCUT2D eigenvalue weighted by molar-refractivity contribution is 5.94. The molecule has 0 radical (unpaired) electrons. The standard InChI is InChI=1S/C17H20N4O4/c1-2-20(14-8-3-4-9-15(14)21(24)25)17(23)18-11-7-13-19-12-6-5-10-16(19)22/h3-6,8-10,12H,2,7,11,13H2,1H3,(H,18,23). The summed E-state index contributed by atoms with van der Waals surface area (Å²) in [5.74, 6) is 0. The number of hydrogen-bond acceptors (Lipinski definition) is 4. The van der Waals surface area contributed by atoms with Crippen molar-refractivity contribution in [2.24, 2.45) is 0 Å². The topological polar surface area (TPSA) is 97.5 Å². The summed E-state index contributed by atoms with van der Waals surface area (Å²) in [6.07, 6.45) is 2.26. The van der Waals surface area contributed by atoms with Crippen LogP contribution in [0.15, 0.2) is 53.5 Å². The molecule has 0 aliphatic carbocycles. The number of rotatable bonds is 7. The Morgan fingerprint density at radius 1 is 1.24 bits per heavy atom. The molecule has 1 aromatic carbocycles. The minimum absolute atomic E-state index is 0.0936. The molecule has 0 saturated carbocycles. The van der Waals surface area contributed by atoms with Gasteiger partial charge in [0, 0.05) is 38.0 Å². The van der Waals surface area contributed by atoms with E-state index in [9.17, 15) is 19.7 Å². The van der Waals surface area contributed by atoms with E-state index >= 15 is 0 Å². The molecular formula is C17H20N4O4. The van der Waals surface area contributed by atoms with Crippen molar-refractivity contribution in [2.75, 3.05) is 18.0 Å². The molecule has 1 aromatic heterocycles. The number of pyridine rings is 1. The maximum Gasteiger partial charge on any atom is 0.322 e. The molecular weight excluding hydrogens is 324 g/mol. The van der Waals surface area contributed by atoms with Crippen LogP contribution >= 0.6 is 0 Å². The van der Waals surface area contributed by atoms with Gasteiger partial charge >= 0.3 is 6.03 Å². The van der Waals surface area contributed by atoms with Crippen molar-refractivity contribution in [1.82, 2.24) is 9.88 Å². The normalized spacial score (nSPS) is 10.3. The molecule has 1 heterocycles. The molecule has 0 fully saturated rings. The quantitative estimate of drug-likeness (QED) is 0.474. The van der Waals surface area contributed by atoms with E-state index in [-0.39, 0.29) is 16.9 Å². The van der Waals surface area contributed by atoms with Gasteiger partial charge in [-0.25, -0.2) is 4.79 Å². The summed E-state index contributed by atoms with van der Waals surface area (Å²) in [7, 11) is 0. The second kappa shape index (κ2) is 8.62. The van der Waals surface area contributed by atoms with Gasteiger partial charge in [0.25, 0.3) is 5.69 Å². The number of aromatic nitrogens is 1. The number of para-hydroxylation sites is 2. The SMILES string of the molecule is CCN(C(=O)NCCCn1ccccc1=O)c1ccccc1[N+](=O)[O-]. The van der Waals surface area contributed by atoms with E-state index in [1.165, 1.54) is 17.0 Å². The molecule has 0 spiro atoms. The van der Waals surface area contributed by atoms with Gasteiger partial charge < -0.3 is 9.88 Å². The van der Waals surface area contributed by atoms with E-state index in [4.69, 9.17) is 0 Å². The molecule has 2 amide bonds. The number of aryl methyl sites for hydroxylation is 1. The lowest BCUT2D eigenvalue weighted by atomic mass is 10.2. The van der Waals surface area contributed by atoms with Gasteiger partial charge in [0.2, 0.25) is 5.56 Å². The number of hydrogen-bond donors (Lipinski definition) is 1. The number of nitrogens with zero attached hydrogens (tertiary/aromatic N) is 3. The molecule has 25 heavy (non-hydrogen) atoms. The third kappa shape index (κ3) is 4.66. The van der Waals surface area contributed by atoms with E-state index in [0.717, 1.165) is 0 Å². The van der Waals surface area contributed by atoms with Crippen molar-refractivity contribution in [3.8, 4) is 0 Å². The molecule has 0 unspecified atom stereocenters. The monoisotopic (exact) mass is 344 g/mol. The maximum absolute atomic E-state index is 12.4. The fraction of sp³-hybridized carbons (Fsp3) is 0.294. The number of nitro benzene ring substituents is 1. The first-order valence-electron chi connectivity index (χ1n) is 7.99. The zero-order valence-electron chi connectivity index (χ0n) is 13.9. The van der Waals surface area contributed by atoms with Gasteiger partial charge in [-0.05, 0) is 25.5 Å². The van der Waals surface area contributed by atoms with Gasteiger partial charge in [-0.1, -0.05) is 18.2 Å². The summed E-state index contributed by atoms with van der Waals surface area (Å²) in [5.41, 5.74) is 0.0473. The van der Waals surface area contributed by atoms with Crippen LogP contribution in [0.25, 0.3) is 0 Å². The number of amides is 2. The first kappa shape index (κ1) is 18.2. The van der Waals surface area contributed by atoms with Crippen molar-refractivity contribution < 1.29 is 9.72 Å². The smallest absolute Gasteiger partial charge is 0.322 e. The van der Waals surface area contributed by atoms with Crippen molar-refractivity contribution >= 4 is 17.4 Å². The van der Waals surface area contributed by atoms with Gasteiger partial charge in [0.05, 0.1) is 4.92 Å². The third-order valence-corrected chi connectivity index (χ3v) is 3.68. The molecule has 2 aromatic rings. The highest BCUT2D eigenvalue weighted by Gasteiger charge is 2.22. The van der Waals surface area contributed by atoms with Crippen molar-refractivity contribution in [3.63, 3.8) is 0 Å². The lowest BCUT2D eigenvalue weighted by Crippen LogP contribution is -2.41. The number of nitro groups is 1. The second-order valence-corrected chi connectivity index (χ2v) is 5.31. The predicted molar refractivity (Wildman–Crippen MR) is 94.8 cm³/mol. The van der Waals surface area contributed by atoms with Crippen LogP contribution in [0.1, 0.15) is 13.3 Å². The van der Waals surface area contributed by atoms with E-state index in [1.807, 2.05) is 0 Å². The summed E-state index contributed by atoms with van der Waals surface area (Å²) in [6.45, 7) is 2.89. The number of benzene rings is 1. The van der Waals surface area contributed by atoms with Crippen LogP contribution in [-0.4, -0.2) is 28.6 Å². The molecule has 0 aliphatic heterocycles. The Hall–Kier alpha value is -3.16. The third-order valence-electron chi connectivity index (χ3n) is 3.68. The van der Waals surface area contributed by atoms with E-state index in [1.54, 1.807) is 48.0 Å². The van der Waals surface area contributed by atoms with Crippen molar-refractivity contribution in [3.05, 3.63) is 69.1 Å². The predicted octanol–water partition coefficient (Wildman–Crippen LogP) is 2.38. The molecule has 0 atom stereocenters. The molecule has 132 valence electrons. The molecule has 0 aliphatic rings. The van der Waals surface area contributed by atoms with E-state index in [0.29, 0.717) is 26.1 Å². The number of anilines is 1. The van der Waals surface area contributed by atoms with Crippen LogP contribution in [0.4, 0.5) is 16.2 Å². The molecule has 8 nitrogen and oxygen atoms in total. The first-order valence-corrected chi connectivity index (χ1v) is 7.99. The summed E-state index contributed by atoms with van der Waals surface area (Å²) < 4.78 is 1.56. The Balaban J connectivity index is 1.96. The molecule has 2 rings (SSSR count). The van der Waals surface area contributed by atoms with Crippen LogP contribution < -0.4 is 15.8 Å². The highest BCUT2D eigenvalue weighted by atomic mass is 16.6. The first-order chi connectivity index (χ1) is 12.0. The number of nitrogens with one attached hydrogen (secondary N) is 1. The highest BCUT2D eigenvalue weighted by Crippen LogP contribution is 2.27. The van der Waals surface area contributed by atoms with Gasteiger partial charge in [-0.2, -0.15) is 0 Å². The average molecular weight is 344 g/mol. The van der Waals surface area contributed by atoms with Gasteiger partial charge in [0.15, 0.2) is 0 Å². The number of urea groups is 1. The van der Waals surface area contributed by atoms with E-state index < -0.39 is 11.0 Å². The van der Waals surface area contributed by atoms with Crippen LogP contribution in [0.5, 0.6) is 0 Å². The zero-order valence-corrected chi connectivity index (χ0v) is 13.9. The number of carbonyl (C=O) groups is 1. The second-order valence-electron chi connectivity index (χ2n) is 5.31. The minimum Gasteiger partial charge on any atom is -0.338 e. The maximum atomic E-state index is 12.4. The molecule has 8 heteroatoms. The average Bonchev–Trinajstić information content (AvgIpc) is 2.61. The Labute approximate surface area is 144 Å². The van der Waals surface area contributed by atoms with Crippen LogP contribution in [0, 0.1) is 10.1 Å². The van der Waals surface area contributed by atoms with Gasteiger partial charge in [-0.3, -0.25) is 19.8 Å². The summed E-state index contributed by atoms with van der Waals surface area (Å²) in [4.78, 5) is 35.9. The van der Waals surface area contributed by atoms with E-state index in [2.05, 4.69) is 5.32 Å².